The van der Waals surface area contributed by atoms with E-state index in [-0.39, 0.29) is 5.91 Å². The molecule has 1 unspecified atom stereocenters. The standard InChI is InChI=1S/C16H16ClNO2/c1-10-6-5-8-13(15(10)17)16(20)18-14-9-4-3-7-12(14)11(2)19/h3-9,11,19H,1-2H3,(H,18,20). The van der Waals surface area contributed by atoms with Crippen molar-refractivity contribution in [3.63, 3.8) is 0 Å². The third-order valence-corrected chi connectivity index (χ3v) is 3.60. The quantitative estimate of drug-likeness (QED) is 0.899. The average Bonchev–Trinajstić information content (AvgIpc) is 2.42. The first-order valence-corrected chi connectivity index (χ1v) is 6.72. The minimum Gasteiger partial charge on any atom is -0.389 e. The Labute approximate surface area is 123 Å². The van der Waals surface area contributed by atoms with Crippen LogP contribution in [0.25, 0.3) is 0 Å². The minimum absolute atomic E-state index is 0.285. The molecule has 1 amide bonds. The lowest BCUT2D eigenvalue weighted by Gasteiger charge is -2.13. The van der Waals surface area contributed by atoms with Crippen molar-refractivity contribution in [3.05, 3.63) is 64.2 Å². The average molecular weight is 290 g/mol. The van der Waals surface area contributed by atoms with E-state index >= 15 is 0 Å². The summed E-state index contributed by atoms with van der Waals surface area (Å²) >= 11 is 6.15. The number of hydrogen-bond donors (Lipinski definition) is 2. The fraction of sp³-hybridized carbons (Fsp3) is 0.188. The molecule has 2 aromatic rings. The Kier molecular flexibility index (Phi) is 4.42. The summed E-state index contributed by atoms with van der Waals surface area (Å²) in [6, 6.07) is 12.5. The summed E-state index contributed by atoms with van der Waals surface area (Å²) in [7, 11) is 0. The number of carbonyl (C=O) groups is 1. The van der Waals surface area contributed by atoms with Gasteiger partial charge in [-0.3, -0.25) is 4.79 Å². The van der Waals surface area contributed by atoms with Gasteiger partial charge in [0, 0.05) is 11.3 Å². The fourth-order valence-electron chi connectivity index (χ4n) is 1.99. The van der Waals surface area contributed by atoms with Crippen LogP contribution in [-0.4, -0.2) is 11.0 Å². The molecule has 0 aliphatic carbocycles. The number of benzene rings is 2. The second kappa shape index (κ2) is 6.07. The maximum Gasteiger partial charge on any atom is 0.257 e. The molecule has 2 rings (SSSR count). The van der Waals surface area contributed by atoms with Crippen molar-refractivity contribution >= 4 is 23.2 Å². The number of rotatable bonds is 3. The highest BCUT2D eigenvalue weighted by molar-refractivity contribution is 6.35. The van der Waals surface area contributed by atoms with Crippen LogP contribution in [0.5, 0.6) is 0 Å². The first kappa shape index (κ1) is 14.6. The van der Waals surface area contributed by atoms with Crippen molar-refractivity contribution < 1.29 is 9.90 Å². The summed E-state index contributed by atoms with van der Waals surface area (Å²) < 4.78 is 0. The lowest BCUT2D eigenvalue weighted by atomic mass is 10.1. The molecule has 0 saturated carbocycles. The summed E-state index contributed by atoms with van der Waals surface area (Å²) in [5.74, 6) is -0.285. The molecule has 0 aromatic heterocycles. The van der Waals surface area contributed by atoms with E-state index in [0.717, 1.165) is 5.56 Å². The van der Waals surface area contributed by atoms with Gasteiger partial charge in [-0.15, -0.1) is 0 Å². The molecule has 0 heterocycles. The monoisotopic (exact) mass is 289 g/mol. The van der Waals surface area contributed by atoms with Gasteiger partial charge in [-0.2, -0.15) is 0 Å². The van der Waals surface area contributed by atoms with Gasteiger partial charge in [0.25, 0.3) is 5.91 Å². The van der Waals surface area contributed by atoms with Crippen molar-refractivity contribution in [3.8, 4) is 0 Å². The second-order valence-corrected chi connectivity index (χ2v) is 5.03. The van der Waals surface area contributed by atoms with Gasteiger partial charge in [-0.25, -0.2) is 0 Å². The van der Waals surface area contributed by atoms with Crippen molar-refractivity contribution in [1.82, 2.24) is 0 Å². The van der Waals surface area contributed by atoms with Gasteiger partial charge >= 0.3 is 0 Å². The van der Waals surface area contributed by atoms with E-state index in [1.54, 1.807) is 37.3 Å². The number of hydrogen-bond acceptors (Lipinski definition) is 2. The summed E-state index contributed by atoms with van der Waals surface area (Å²) in [6.07, 6.45) is -0.653. The Hall–Kier alpha value is -1.84. The summed E-state index contributed by atoms with van der Waals surface area (Å²) in [5, 5.41) is 12.9. The van der Waals surface area contributed by atoms with E-state index in [0.29, 0.717) is 21.8 Å². The molecule has 0 aliphatic rings. The molecule has 0 spiro atoms. The lowest BCUT2D eigenvalue weighted by Crippen LogP contribution is -2.14. The molecule has 3 nitrogen and oxygen atoms in total. The number of para-hydroxylation sites is 1. The summed E-state index contributed by atoms with van der Waals surface area (Å²) in [4.78, 5) is 12.3. The molecule has 0 radical (unpaired) electrons. The van der Waals surface area contributed by atoms with E-state index in [9.17, 15) is 9.90 Å². The van der Waals surface area contributed by atoms with Gasteiger partial charge in [0.1, 0.15) is 0 Å². The molecule has 0 fully saturated rings. The molecule has 2 N–H and O–H groups in total. The minimum atomic E-state index is -0.653. The summed E-state index contributed by atoms with van der Waals surface area (Å²) in [6.45, 7) is 3.51. The van der Waals surface area contributed by atoms with Gasteiger partial charge in [0.2, 0.25) is 0 Å². The number of halogens is 1. The zero-order valence-electron chi connectivity index (χ0n) is 11.4. The first-order chi connectivity index (χ1) is 9.50. The van der Waals surface area contributed by atoms with Crippen molar-refractivity contribution in [2.75, 3.05) is 5.32 Å². The molecular formula is C16H16ClNO2. The van der Waals surface area contributed by atoms with Crippen LogP contribution in [-0.2, 0) is 0 Å². The molecule has 4 heteroatoms. The number of anilines is 1. The molecule has 104 valence electrons. The van der Waals surface area contributed by atoms with Crippen LogP contribution in [0.15, 0.2) is 42.5 Å². The topological polar surface area (TPSA) is 49.3 Å². The van der Waals surface area contributed by atoms with E-state index < -0.39 is 6.10 Å². The number of aryl methyl sites for hydroxylation is 1. The third-order valence-electron chi connectivity index (χ3n) is 3.10. The van der Waals surface area contributed by atoms with E-state index in [1.165, 1.54) is 0 Å². The van der Waals surface area contributed by atoms with E-state index in [4.69, 9.17) is 11.6 Å². The molecule has 0 aliphatic heterocycles. The molecule has 1 atom stereocenters. The highest BCUT2D eigenvalue weighted by atomic mass is 35.5. The number of aliphatic hydroxyl groups excluding tert-OH is 1. The van der Waals surface area contributed by atoms with Gasteiger partial charge in [-0.05, 0) is 31.5 Å². The van der Waals surface area contributed by atoms with Crippen LogP contribution >= 0.6 is 11.6 Å². The number of carbonyl (C=O) groups excluding carboxylic acids is 1. The van der Waals surface area contributed by atoms with Gasteiger partial charge in [0.05, 0.1) is 16.7 Å². The highest BCUT2D eigenvalue weighted by Crippen LogP contribution is 2.25. The summed E-state index contributed by atoms with van der Waals surface area (Å²) in [5.41, 5.74) is 2.53. The van der Waals surface area contributed by atoms with Crippen LogP contribution in [0.2, 0.25) is 5.02 Å². The predicted molar refractivity (Wildman–Crippen MR) is 81.2 cm³/mol. The van der Waals surface area contributed by atoms with E-state index in [1.807, 2.05) is 19.1 Å². The molecule has 2 aromatic carbocycles. The molecule has 0 bridgehead atoms. The normalized spacial score (nSPS) is 12.0. The zero-order valence-corrected chi connectivity index (χ0v) is 12.1. The first-order valence-electron chi connectivity index (χ1n) is 6.34. The Morgan fingerprint density at radius 1 is 1.20 bits per heavy atom. The van der Waals surface area contributed by atoms with Crippen LogP contribution in [0, 0.1) is 6.92 Å². The number of amides is 1. The molecular weight excluding hydrogens is 274 g/mol. The van der Waals surface area contributed by atoms with Crippen LogP contribution in [0.4, 0.5) is 5.69 Å². The molecule has 0 saturated heterocycles. The van der Waals surface area contributed by atoms with Crippen molar-refractivity contribution in [2.45, 2.75) is 20.0 Å². The predicted octanol–water partition coefficient (Wildman–Crippen LogP) is 3.95. The van der Waals surface area contributed by atoms with E-state index in [2.05, 4.69) is 5.32 Å². The smallest absolute Gasteiger partial charge is 0.257 e. The third kappa shape index (κ3) is 3.00. The molecule has 20 heavy (non-hydrogen) atoms. The van der Waals surface area contributed by atoms with Gasteiger partial charge in [-0.1, -0.05) is 41.9 Å². The number of aliphatic hydroxyl groups is 1. The zero-order chi connectivity index (χ0) is 14.7. The number of nitrogens with one attached hydrogen (secondary N) is 1. The van der Waals surface area contributed by atoms with Gasteiger partial charge < -0.3 is 10.4 Å². The second-order valence-electron chi connectivity index (χ2n) is 4.65. The lowest BCUT2D eigenvalue weighted by molar-refractivity contribution is 0.102. The Bertz CT molecular complexity index is 638. The SMILES string of the molecule is Cc1cccc(C(=O)Nc2ccccc2C(C)O)c1Cl. The fourth-order valence-corrected chi connectivity index (χ4v) is 2.20. The van der Waals surface area contributed by atoms with Crippen LogP contribution in [0.3, 0.4) is 0 Å². The van der Waals surface area contributed by atoms with Crippen molar-refractivity contribution in [2.24, 2.45) is 0 Å². The van der Waals surface area contributed by atoms with Gasteiger partial charge in [0.15, 0.2) is 0 Å². The van der Waals surface area contributed by atoms with Crippen LogP contribution in [0.1, 0.15) is 34.5 Å². The Morgan fingerprint density at radius 3 is 2.60 bits per heavy atom. The maximum absolute atomic E-state index is 12.3. The van der Waals surface area contributed by atoms with Crippen molar-refractivity contribution in [1.29, 1.82) is 0 Å². The largest absolute Gasteiger partial charge is 0.389 e. The Morgan fingerprint density at radius 2 is 1.90 bits per heavy atom. The Balaban J connectivity index is 2.31. The maximum atomic E-state index is 12.3. The van der Waals surface area contributed by atoms with Crippen LogP contribution < -0.4 is 5.32 Å². The highest BCUT2D eigenvalue weighted by Gasteiger charge is 2.14.